The topological polar surface area (TPSA) is 47.6 Å². The molecule has 3 nitrogen and oxygen atoms in total. The summed E-state index contributed by atoms with van der Waals surface area (Å²) in [6.07, 6.45) is 0.922. The molecule has 2 N–H and O–H groups in total. The van der Waals surface area contributed by atoms with Crippen LogP contribution in [0.15, 0.2) is 17.1 Å². The van der Waals surface area contributed by atoms with Gasteiger partial charge in [-0.05, 0) is 41.6 Å². The van der Waals surface area contributed by atoms with Gasteiger partial charge in [-0.2, -0.15) is 8.78 Å². The molecule has 0 aliphatic carbocycles. The number of halogens is 4. The lowest BCUT2D eigenvalue weighted by Crippen LogP contribution is -2.48. The number of rotatable bonds is 1. The normalized spacial score (nSPS) is 25.8. The third-order valence-electron chi connectivity index (χ3n) is 2.97. The first kappa shape index (κ1) is 13.4. The largest absolute Gasteiger partial charge is 0.477 e. The van der Waals surface area contributed by atoms with Crippen molar-refractivity contribution in [1.82, 2.24) is 0 Å². The Morgan fingerprint density at radius 1 is 1.44 bits per heavy atom. The van der Waals surface area contributed by atoms with E-state index in [4.69, 9.17) is 5.73 Å². The van der Waals surface area contributed by atoms with E-state index in [9.17, 15) is 13.2 Å². The van der Waals surface area contributed by atoms with Gasteiger partial charge in [0.25, 0.3) is 0 Å². The first-order valence-electron chi connectivity index (χ1n) is 5.06. The van der Waals surface area contributed by atoms with Crippen LogP contribution in [0, 0.1) is 9.39 Å². The number of alkyl halides is 2. The molecule has 2 rings (SSSR count). The van der Waals surface area contributed by atoms with Crippen LogP contribution >= 0.6 is 22.6 Å². The van der Waals surface area contributed by atoms with Crippen molar-refractivity contribution in [2.75, 3.05) is 12.3 Å². The van der Waals surface area contributed by atoms with Crippen molar-refractivity contribution < 1.29 is 17.9 Å². The number of nitrogens with two attached hydrogens (primary N) is 1. The molecule has 0 saturated carbocycles. The van der Waals surface area contributed by atoms with Crippen molar-refractivity contribution in [1.29, 1.82) is 0 Å². The van der Waals surface area contributed by atoms with Crippen molar-refractivity contribution in [2.24, 2.45) is 4.99 Å². The predicted molar refractivity (Wildman–Crippen MR) is 70.3 cm³/mol. The highest BCUT2D eigenvalue weighted by Crippen LogP contribution is 2.44. The maximum atomic E-state index is 13.9. The van der Waals surface area contributed by atoms with E-state index in [2.05, 4.69) is 9.73 Å². The van der Waals surface area contributed by atoms with Crippen LogP contribution in [-0.4, -0.2) is 18.9 Å². The minimum Gasteiger partial charge on any atom is -0.477 e. The zero-order valence-corrected chi connectivity index (χ0v) is 11.5. The molecule has 1 aromatic rings. The zero-order chi connectivity index (χ0) is 13.6. The maximum Gasteiger partial charge on any atom is 0.309 e. The molecule has 1 heterocycles. The molecule has 0 spiro atoms. The lowest BCUT2D eigenvalue weighted by molar-refractivity contribution is -0.114. The van der Waals surface area contributed by atoms with Gasteiger partial charge in [-0.3, -0.25) is 0 Å². The molecule has 1 atom stereocenters. The van der Waals surface area contributed by atoms with Crippen LogP contribution < -0.4 is 5.73 Å². The Kier molecular flexibility index (Phi) is 3.20. The molecular weight excluding hydrogens is 360 g/mol. The Balaban J connectivity index is 2.63. The molecule has 0 aromatic heterocycles. The molecule has 1 aromatic carbocycles. The van der Waals surface area contributed by atoms with E-state index < -0.39 is 23.9 Å². The third-order valence-corrected chi connectivity index (χ3v) is 3.91. The van der Waals surface area contributed by atoms with Crippen LogP contribution in [0.25, 0.3) is 0 Å². The lowest BCUT2D eigenvalue weighted by Gasteiger charge is -2.36. The number of nitrogen functional groups attached to an aromatic ring is 1. The molecule has 7 heteroatoms. The number of benzene rings is 1. The quantitative estimate of drug-likeness (QED) is 0.611. The molecule has 0 amide bonds. The summed E-state index contributed by atoms with van der Waals surface area (Å²) >= 11 is 1.84. The number of nitrogens with zero attached hydrogens (tertiary/aromatic N) is 1. The molecule has 0 bridgehead atoms. The summed E-state index contributed by atoms with van der Waals surface area (Å²) in [5, 5.41) is 0. The van der Waals surface area contributed by atoms with Crippen molar-refractivity contribution in [3.05, 3.63) is 27.1 Å². The minimum absolute atomic E-state index is 0.232. The standard InChI is InChI=1S/C11H10F3IN2O/c1-10(11(13,14)4-18-5-17-10)6-2-9(16)8(15)3-7(6)12/h2-3,5H,4,16H2,1H3/t10-/m1/s1. The molecule has 18 heavy (non-hydrogen) atoms. The summed E-state index contributed by atoms with van der Waals surface area (Å²) in [7, 11) is 0. The maximum absolute atomic E-state index is 13.9. The second-order valence-electron chi connectivity index (χ2n) is 4.18. The van der Waals surface area contributed by atoms with Gasteiger partial charge in [0, 0.05) is 14.8 Å². The molecule has 98 valence electrons. The number of aliphatic imine (C=N–C) groups is 1. The molecule has 0 unspecified atom stereocenters. The first-order chi connectivity index (χ1) is 8.28. The van der Waals surface area contributed by atoms with Gasteiger partial charge < -0.3 is 10.5 Å². The third kappa shape index (κ3) is 1.94. The highest BCUT2D eigenvalue weighted by Gasteiger charge is 2.55. The summed E-state index contributed by atoms with van der Waals surface area (Å²) in [4.78, 5) is 3.62. The van der Waals surface area contributed by atoms with Gasteiger partial charge in [0.15, 0.2) is 18.5 Å². The van der Waals surface area contributed by atoms with Crippen molar-refractivity contribution in [3.8, 4) is 0 Å². The summed E-state index contributed by atoms with van der Waals surface area (Å²) < 4.78 is 46.7. The summed E-state index contributed by atoms with van der Waals surface area (Å²) in [6, 6.07) is 2.32. The first-order valence-corrected chi connectivity index (χ1v) is 6.14. The Hall–Kier alpha value is -0.990. The van der Waals surface area contributed by atoms with E-state index in [0.29, 0.717) is 3.57 Å². The van der Waals surface area contributed by atoms with Crippen LogP contribution in [0.1, 0.15) is 12.5 Å². The molecular formula is C11H10F3IN2O. The van der Waals surface area contributed by atoms with Crippen LogP contribution in [0.5, 0.6) is 0 Å². The number of anilines is 1. The van der Waals surface area contributed by atoms with Crippen molar-refractivity contribution in [2.45, 2.75) is 18.4 Å². The Morgan fingerprint density at radius 3 is 2.72 bits per heavy atom. The molecule has 1 aliphatic heterocycles. The molecule has 0 saturated heterocycles. The molecule has 0 radical (unpaired) electrons. The monoisotopic (exact) mass is 370 g/mol. The van der Waals surface area contributed by atoms with E-state index in [1.165, 1.54) is 6.07 Å². The SMILES string of the molecule is C[C@]1(c2cc(N)c(I)cc2F)N=COCC1(F)F. The van der Waals surface area contributed by atoms with E-state index >= 15 is 0 Å². The summed E-state index contributed by atoms with van der Waals surface area (Å²) in [6.45, 7) is 0.328. The van der Waals surface area contributed by atoms with Gasteiger partial charge >= 0.3 is 5.92 Å². The van der Waals surface area contributed by atoms with E-state index in [1.54, 1.807) is 0 Å². The second kappa shape index (κ2) is 4.29. The number of hydrogen-bond acceptors (Lipinski definition) is 3. The van der Waals surface area contributed by atoms with Crippen LogP contribution in [-0.2, 0) is 10.3 Å². The van der Waals surface area contributed by atoms with Gasteiger partial charge in [-0.25, -0.2) is 9.38 Å². The second-order valence-corrected chi connectivity index (χ2v) is 5.34. The van der Waals surface area contributed by atoms with Crippen LogP contribution in [0.4, 0.5) is 18.9 Å². The summed E-state index contributed by atoms with van der Waals surface area (Å²) in [5.41, 5.74) is 3.65. The van der Waals surface area contributed by atoms with Gasteiger partial charge in [0.2, 0.25) is 0 Å². The van der Waals surface area contributed by atoms with Gasteiger partial charge in [0.05, 0.1) is 0 Å². The van der Waals surface area contributed by atoms with Crippen molar-refractivity contribution >= 4 is 34.7 Å². The van der Waals surface area contributed by atoms with E-state index in [-0.39, 0.29) is 11.3 Å². The summed E-state index contributed by atoms with van der Waals surface area (Å²) in [5.74, 6) is -4.06. The fourth-order valence-corrected chi connectivity index (χ4v) is 2.15. The molecule has 0 fully saturated rings. The fourth-order valence-electron chi connectivity index (χ4n) is 1.72. The average Bonchev–Trinajstić information content (AvgIpc) is 2.27. The van der Waals surface area contributed by atoms with Crippen LogP contribution in [0.3, 0.4) is 0 Å². The van der Waals surface area contributed by atoms with Gasteiger partial charge in [0.1, 0.15) is 5.82 Å². The van der Waals surface area contributed by atoms with Crippen LogP contribution in [0.2, 0.25) is 0 Å². The Bertz CT molecular complexity index is 521. The van der Waals surface area contributed by atoms with E-state index in [1.807, 2.05) is 22.6 Å². The van der Waals surface area contributed by atoms with Crippen molar-refractivity contribution in [3.63, 3.8) is 0 Å². The predicted octanol–water partition coefficient (Wildman–Crippen LogP) is 2.92. The Morgan fingerprint density at radius 2 is 2.11 bits per heavy atom. The zero-order valence-electron chi connectivity index (χ0n) is 9.38. The highest BCUT2D eigenvalue weighted by atomic mass is 127. The average molecular weight is 370 g/mol. The van der Waals surface area contributed by atoms with Gasteiger partial charge in [-0.1, -0.05) is 0 Å². The number of ether oxygens (including phenoxy) is 1. The molecule has 1 aliphatic rings. The lowest BCUT2D eigenvalue weighted by atomic mass is 9.85. The van der Waals surface area contributed by atoms with Gasteiger partial charge in [-0.15, -0.1) is 0 Å². The Labute approximate surface area is 115 Å². The minimum atomic E-state index is -3.30. The highest BCUT2D eigenvalue weighted by molar-refractivity contribution is 14.1. The van der Waals surface area contributed by atoms with E-state index in [0.717, 1.165) is 19.4 Å². The smallest absolute Gasteiger partial charge is 0.309 e. The number of hydrogen-bond donors (Lipinski definition) is 1. The fraction of sp³-hybridized carbons (Fsp3) is 0.364.